The number of aromatic nitrogens is 2. The Morgan fingerprint density at radius 3 is 2.38 bits per heavy atom. The third-order valence-electron chi connectivity index (χ3n) is 4.30. The lowest BCUT2D eigenvalue weighted by Gasteiger charge is -2.21. The van der Waals surface area contributed by atoms with Gasteiger partial charge in [-0.3, -0.25) is 4.79 Å². The van der Waals surface area contributed by atoms with Crippen LogP contribution in [-0.2, 0) is 0 Å². The first-order valence-corrected chi connectivity index (χ1v) is 8.61. The Balaban J connectivity index is 1.76. The lowest BCUT2D eigenvalue weighted by Crippen LogP contribution is -2.19. The van der Waals surface area contributed by atoms with Crippen molar-refractivity contribution in [1.82, 2.24) is 9.97 Å². The van der Waals surface area contributed by atoms with Crippen LogP contribution in [0, 0.1) is 13.8 Å². The van der Waals surface area contributed by atoms with E-state index in [2.05, 4.69) is 22.2 Å². The average Bonchev–Trinajstić information content (AvgIpc) is 2.67. The third-order valence-corrected chi connectivity index (χ3v) is 4.30. The fourth-order valence-corrected chi connectivity index (χ4v) is 2.68. The number of amides is 1. The van der Waals surface area contributed by atoms with Crippen molar-refractivity contribution in [3.05, 3.63) is 77.7 Å². The molecule has 3 rings (SSSR count). The summed E-state index contributed by atoms with van der Waals surface area (Å²) in [5, 5.41) is 2.87. The molecule has 0 spiro atoms. The van der Waals surface area contributed by atoms with E-state index in [0.717, 1.165) is 23.5 Å². The van der Waals surface area contributed by atoms with Crippen molar-refractivity contribution in [3.8, 4) is 0 Å². The lowest BCUT2D eigenvalue weighted by molar-refractivity contribution is 0.102. The number of nitrogens with zero attached hydrogens (tertiary/aromatic N) is 3. The van der Waals surface area contributed by atoms with E-state index in [0.29, 0.717) is 5.82 Å². The van der Waals surface area contributed by atoms with Gasteiger partial charge >= 0.3 is 0 Å². The minimum absolute atomic E-state index is 0.268. The van der Waals surface area contributed by atoms with Gasteiger partial charge in [-0.15, -0.1) is 0 Å². The quantitative estimate of drug-likeness (QED) is 0.739. The first-order valence-electron chi connectivity index (χ1n) is 8.61. The lowest BCUT2D eigenvalue weighted by atomic mass is 10.1. The Labute approximate surface area is 153 Å². The normalized spacial score (nSPS) is 10.4. The molecule has 0 aliphatic carbocycles. The Morgan fingerprint density at radius 1 is 1.00 bits per heavy atom. The molecule has 0 radical (unpaired) electrons. The van der Waals surface area contributed by atoms with Crippen LogP contribution in [0.3, 0.4) is 0 Å². The Hall–Kier alpha value is -3.21. The van der Waals surface area contributed by atoms with E-state index in [-0.39, 0.29) is 11.6 Å². The Morgan fingerprint density at radius 2 is 1.77 bits per heavy atom. The standard InChI is InChI=1S/C21H22N4O/c1-4-25(18-8-6-5-7-9-18)20-14-22-19(13-23-20)21(26)24-17-11-10-15(2)16(3)12-17/h5-14H,4H2,1-3H3,(H,24,26). The van der Waals surface area contributed by atoms with Gasteiger partial charge in [-0.1, -0.05) is 24.3 Å². The number of carbonyl (C=O) groups excluding carboxylic acids is 1. The minimum atomic E-state index is -0.268. The molecule has 0 saturated carbocycles. The molecular formula is C21H22N4O. The van der Waals surface area contributed by atoms with Gasteiger partial charge in [0, 0.05) is 17.9 Å². The number of anilines is 3. The maximum absolute atomic E-state index is 12.4. The smallest absolute Gasteiger partial charge is 0.275 e. The van der Waals surface area contributed by atoms with Crippen LogP contribution in [0.25, 0.3) is 0 Å². The molecule has 0 aliphatic heterocycles. The van der Waals surface area contributed by atoms with E-state index in [1.165, 1.54) is 11.8 Å². The predicted molar refractivity (Wildman–Crippen MR) is 105 cm³/mol. The second kappa shape index (κ2) is 7.78. The molecule has 2 aromatic carbocycles. The van der Waals surface area contributed by atoms with Crippen LogP contribution in [0.15, 0.2) is 60.9 Å². The molecule has 1 N–H and O–H groups in total. The van der Waals surface area contributed by atoms with Gasteiger partial charge in [0.15, 0.2) is 5.82 Å². The van der Waals surface area contributed by atoms with Crippen molar-refractivity contribution in [2.75, 3.05) is 16.8 Å². The summed E-state index contributed by atoms with van der Waals surface area (Å²) in [6.07, 6.45) is 3.14. The van der Waals surface area contributed by atoms with Crippen molar-refractivity contribution in [3.63, 3.8) is 0 Å². The summed E-state index contributed by atoms with van der Waals surface area (Å²) >= 11 is 0. The second-order valence-corrected chi connectivity index (χ2v) is 6.09. The zero-order chi connectivity index (χ0) is 18.5. The summed E-state index contributed by atoms with van der Waals surface area (Å²) in [5.74, 6) is 0.441. The van der Waals surface area contributed by atoms with E-state index < -0.39 is 0 Å². The Bertz CT molecular complexity index is 892. The highest BCUT2D eigenvalue weighted by Crippen LogP contribution is 2.22. The van der Waals surface area contributed by atoms with Gasteiger partial charge in [0.05, 0.1) is 12.4 Å². The molecule has 26 heavy (non-hydrogen) atoms. The van der Waals surface area contributed by atoms with Gasteiger partial charge in [-0.2, -0.15) is 0 Å². The molecule has 0 bridgehead atoms. The molecule has 1 amide bonds. The van der Waals surface area contributed by atoms with Crippen LogP contribution in [0.5, 0.6) is 0 Å². The number of hydrogen-bond acceptors (Lipinski definition) is 4. The van der Waals surface area contributed by atoms with Crippen molar-refractivity contribution >= 4 is 23.1 Å². The van der Waals surface area contributed by atoms with E-state index >= 15 is 0 Å². The monoisotopic (exact) mass is 346 g/mol. The van der Waals surface area contributed by atoms with Crippen LogP contribution < -0.4 is 10.2 Å². The number of carbonyl (C=O) groups is 1. The van der Waals surface area contributed by atoms with Crippen molar-refractivity contribution in [2.45, 2.75) is 20.8 Å². The predicted octanol–water partition coefficient (Wildman–Crippen LogP) is 4.50. The molecule has 0 aliphatic rings. The van der Waals surface area contributed by atoms with Gasteiger partial charge < -0.3 is 10.2 Å². The van der Waals surface area contributed by atoms with Crippen molar-refractivity contribution in [1.29, 1.82) is 0 Å². The summed E-state index contributed by atoms with van der Waals surface area (Å²) in [6, 6.07) is 15.8. The third kappa shape index (κ3) is 3.88. The molecule has 0 fully saturated rings. The number of benzene rings is 2. The number of hydrogen-bond donors (Lipinski definition) is 1. The first-order chi connectivity index (χ1) is 12.6. The summed E-state index contributed by atoms with van der Waals surface area (Å²) in [4.78, 5) is 23.2. The molecule has 132 valence electrons. The molecular weight excluding hydrogens is 324 g/mol. The van der Waals surface area contributed by atoms with E-state index in [1.54, 1.807) is 6.20 Å². The molecule has 1 heterocycles. The first kappa shape index (κ1) is 17.6. The molecule has 0 unspecified atom stereocenters. The van der Waals surface area contributed by atoms with Crippen LogP contribution in [0.4, 0.5) is 17.2 Å². The topological polar surface area (TPSA) is 58.1 Å². The van der Waals surface area contributed by atoms with Gasteiger partial charge in [-0.25, -0.2) is 9.97 Å². The number of nitrogens with one attached hydrogen (secondary N) is 1. The molecule has 0 saturated heterocycles. The zero-order valence-electron chi connectivity index (χ0n) is 15.2. The number of rotatable bonds is 5. The average molecular weight is 346 g/mol. The molecule has 5 heteroatoms. The molecule has 5 nitrogen and oxygen atoms in total. The van der Waals surface area contributed by atoms with Crippen LogP contribution in [0.2, 0.25) is 0 Å². The van der Waals surface area contributed by atoms with E-state index in [9.17, 15) is 4.79 Å². The molecule has 1 aromatic heterocycles. The largest absolute Gasteiger partial charge is 0.325 e. The Kier molecular flexibility index (Phi) is 5.27. The summed E-state index contributed by atoms with van der Waals surface area (Å²) in [5.41, 5.74) is 4.40. The summed E-state index contributed by atoms with van der Waals surface area (Å²) in [7, 11) is 0. The summed E-state index contributed by atoms with van der Waals surface area (Å²) < 4.78 is 0. The van der Waals surface area contributed by atoms with Gasteiger partial charge in [0.25, 0.3) is 5.91 Å². The maximum atomic E-state index is 12.4. The summed E-state index contributed by atoms with van der Waals surface area (Å²) in [6.45, 7) is 6.86. The number of aryl methyl sites for hydroxylation is 2. The van der Waals surface area contributed by atoms with Gasteiger partial charge in [0.1, 0.15) is 5.69 Å². The number of para-hydroxylation sites is 1. The maximum Gasteiger partial charge on any atom is 0.275 e. The molecule has 0 atom stereocenters. The fourth-order valence-electron chi connectivity index (χ4n) is 2.68. The molecule has 3 aromatic rings. The highest BCUT2D eigenvalue weighted by Gasteiger charge is 2.12. The highest BCUT2D eigenvalue weighted by atomic mass is 16.1. The fraction of sp³-hybridized carbons (Fsp3) is 0.190. The van der Waals surface area contributed by atoms with Crippen molar-refractivity contribution < 1.29 is 4.79 Å². The SMILES string of the molecule is CCN(c1ccccc1)c1cnc(C(=O)Nc2ccc(C)c(C)c2)cn1. The minimum Gasteiger partial charge on any atom is -0.325 e. The highest BCUT2D eigenvalue weighted by molar-refractivity contribution is 6.02. The van der Waals surface area contributed by atoms with Crippen LogP contribution >= 0.6 is 0 Å². The van der Waals surface area contributed by atoms with E-state index in [1.807, 2.05) is 67.3 Å². The van der Waals surface area contributed by atoms with E-state index in [4.69, 9.17) is 0 Å². The van der Waals surface area contributed by atoms with Gasteiger partial charge in [-0.05, 0) is 56.2 Å². The zero-order valence-corrected chi connectivity index (χ0v) is 15.2. The second-order valence-electron chi connectivity index (χ2n) is 6.09. The van der Waals surface area contributed by atoms with Crippen molar-refractivity contribution in [2.24, 2.45) is 0 Å². The van der Waals surface area contributed by atoms with Crippen LogP contribution in [-0.4, -0.2) is 22.4 Å². The van der Waals surface area contributed by atoms with Gasteiger partial charge in [0.2, 0.25) is 0 Å². The van der Waals surface area contributed by atoms with Crippen LogP contribution in [0.1, 0.15) is 28.5 Å².